The van der Waals surface area contributed by atoms with Gasteiger partial charge in [0.25, 0.3) is 0 Å². The van der Waals surface area contributed by atoms with Crippen LogP contribution >= 0.6 is 0 Å². The Bertz CT molecular complexity index is 219. The summed E-state index contributed by atoms with van der Waals surface area (Å²) in [4.78, 5) is 0. The Balaban J connectivity index is 3.53. The van der Waals surface area contributed by atoms with Crippen molar-refractivity contribution >= 4 is 8.56 Å². The fourth-order valence-electron chi connectivity index (χ4n) is 2.64. The largest absolute Gasteiger partial charge is 0.395 e. The molecular formula is C18H40O2Si. The van der Waals surface area contributed by atoms with E-state index in [0.29, 0.717) is 6.10 Å². The maximum atomic E-state index is 6.16. The first-order valence-corrected chi connectivity index (χ1v) is 12.1. The lowest BCUT2D eigenvalue weighted by molar-refractivity contribution is 0.122. The highest BCUT2D eigenvalue weighted by Gasteiger charge is 2.26. The Kier molecular flexibility index (Phi) is 13.9. The Morgan fingerprint density at radius 2 is 1.29 bits per heavy atom. The van der Waals surface area contributed by atoms with Crippen LogP contribution in [0.4, 0.5) is 0 Å². The smallest absolute Gasteiger partial charge is 0.331 e. The van der Waals surface area contributed by atoms with Gasteiger partial charge in [0.15, 0.2) is 0 Å². The van der Waals surface area contributed by atoms with Crippen molar-refractivity contribution in [2.75, 3.05) is 6.61 Å². The zero-order chi connectivity index (χ0) is 16.0. The van der Waals surface area contributed by atoms with Crippen molar-refractivity contribution in [2.45, 2.75) is 111 Å². The van der Waals surface area contributed by atoms with E-state index >= 15 is 0 Å². The summed E-state index contributed by atoms with van der Waals surface area (Å²) < 4.78 is 12.2. The van der Waals surface area contributed by atoms with E-state index in [1.165, 1.54) is 70.6 Å². The summed E-state index contributed by atoms with van der Waals surface area (Å²) in [5, 5.41) is 0. The number of hydrogen-bond acceptors (Lipinski definition) is 2. The van der Waals surface area contributed by atoms with Crippen molar-refractivity contribution in [3.05, 3.63) is 0 Å². The van der Waals surface area contributed by atoms with Crippen LogP contribution in [0.3, 0.4) is 0 Å². The zero-order valence-electron chi connectivity index (χ0n) is 15.4. The molecule has 0 saturated heterocycles. The molecule has 0 aliphatic rings. The normalized spacial score (nSPS) is 13.6. The van der Waals surface area contributed by atoms with Gasteiger partial charge in [-0.2, -0.15) is 0 Å². The molecule has 0 N–H and O–H groups in total. The molecule has 1 atom stereocenters. The van der Waals surface area contributed by atoms with Gasteiger partial charge < -0.3 is 8.85 Å². The van der Waals surface area contributed by atoms with Crippen LogP contribution in [0.1, 0.15) is 91.4 Å². The van der Waals surface area contributed by atoms with Gasteiger partial charge in [0.05, 0.1) is 0 Å². The first-order chi connectivity index (χ1) is 10.0. The molecule has 0 aromatic carbocycles. The van der Waals surface area contributed by atoms with E-state index in [0.717, 1.165) is 6.61 Å². The van der Waals surface area contributed by atoms with Crippen LogP contribution in [0, 0.1) is 0 Å². The van der Waals surface area contributed by atoms with Crippen molar-refractivity contribution in [2.24, 2.45) is 0 Å². The van der Waals surface area contributed by atoms with E-state index in [9.17, 15) is 0 Å². The quantitative estimate of drug-likeness (QED) is 0.255. The molecule has 1 unspecified atom stereocenters. The van der Waals surface area contributed by atoms with Gasteiger partial charge in [0.2, 0.25) is 0 Å². The number of unbranched alkanes of at least 4 members (excludes halogenated alkanes) is 8. The van der Waals surface area contributed by atoms with Crippen LogP contribution in [0.2, 0.25) is 13.1 Å². The van der Waals surface area contributed by atoms with E-state index in [-0.39, 0.29) is 0 Å². The molecule has 0 aliphatic heterocycles. The zero-order valence-corrected chi connectivity index (χ0v) is 16.4. The summed E-state index contributed by atoms with van der Waals surface area (Å²) in [5.74, 6) is 0. The molecule has 0 radical (unpaired) electrons. The number of rotatable bonds is 15. The van der Waals surface area contributed by atoms with E-state index in [4.69, 9.17) is 8.85 Å². The molecule has 0 fully saturated rings. The third kappa shape index (κ3) is 14.8. The van der Waals surface area contributed by atoms with Crippen LogP contribution in [-0.2, 0) is 8.85 Å². The minimum atomic E-state index is -1.91. The molecule has 3 heteroatoms. The standard InChI is InChI=1S/C18H40O2Si/c1-6-8-10-11-12-13-15-17-19-21(4,5)20-18(3)16-14-9-7-2/h18H,6-17H2,1-5H3. The van der Waals surface area contributed by atoms with Crippen LogP contribution in [0.25, 0.3) is 0 Å². The second kappa shape index (κ2) is 13.8. The minimum absolute atomic E-state index is 0.354. The van der Waals surface area contributed by atoms with Gasteiger partial charge in [-0.1, -0.05) is 71.6 Å². The topological polar surface area (TPSA) is 18.5 Å². The van der Waals surface area contributed by atoms with Crippen LogP contribution in [0.5, 0.6) is 0 Å². The first-order valence-electron chi connectivity index (χ1n) is 9.33. The van der Waals surface area contributed by atoms with Crippen molar-refractivity contribution in [1.29, 1.82) is 0 Å². The summed E-state index contributed by atoms with van der Waals surface area (Å²) in [7, 11) is -1.91. The van der Waals surface area contributed by atoms with Crippen LogP contribution in [0.15, 0.2) is 0 Å². The highest BCUT2D eigenvalue weighted by molar-refractivity contribution is 6.64. The third-order valence-electron chi connectivity index (χ3n) is 3.90. The fraction of sp³-hybridized carbons (Fsp3) is 1.00. The van der Waals surface area contributed by atoms with Crippen molar-refractivity contribution in [3.63, 3.8) is 0 Å². The molecule has 0 aromatic rings. The summed E-state index contributed by atoms with van der Waals surface area (Å²) in [6, 6.07) is 0. The summed E-state index contributed by atoms with van der Waals surface area (Å²) in [5.41, 5.74) is 0. The molecular weight excluding hydrogens is 276 g/mol. The van der Waals surface area contributed by atoms with Gasteiger partial charge in [0, 0.05) is 12.7 Å². The lowest BCUT2D eigenvalue weighted by Crippen LogP contribution is -2.38. The first kappa shape index (κ1) is 21.1. The molecule has 21 heavy (non-hydrogen) atoms. The van der Waals surface area contributed by atoms with Gasteiger partial charge >= 0.3 is 8.56 Å². The van der Waals surface area contributed by atoms with Crippen molar-refractivity contribution in [3.8, 4) is 0 Å². The SMILES string of the molecule is CCCCCCCCCO[Si](C)(C)OC(C)CCCCC. The van der Waals surface area contributed by atoms with Crippen LogP contribution < -0.4 is 0 Å². The Morgan fingerprint density at radius 3 is 1.90 bits per heavy atom. The number of hydrogen-bond donors (Lipinski definition) is 0. The highest BCUT2D eigenvalue weighted by Crippen LogP contribution is 2.15. The molecule has 0 spiro atoms. The molecule has 0 aromatic heterocycles. The second-order valence-electron chi connectivity index (χ2n) is 6.79. The Morgan fingerprint density at radius 1 is 0.762 bits per heavy atom. The molecule has 0 rings (SSSR count). The molecule has 0 aliphatic carbocycles. The van der Waals surface area contributed by atoms with Gasteiger partial charge in [0.1, 0.15) is 0 Å². The second-order valence-corrected chi connectivity index (χ2v) is 10.1. The van der Waals surface area contributed by atoms with E-state index < -0.39 is 8.56 Å². The van der Waals surface area contributed by atoms with Crippen molar-refractivity contribution < 1.29 is 8.85 Å². The predicted octanol–water partition coefficient (Wildman–Crippen LogP) is 6.44. The molecule has 0 amide bonds. The summed E-state index contributed by atoms with van der Waals surface area (Å²) >= 11 is 0. The molecule has 0 saturated carbocycles. The van der Waals surface area contributed by atoms with E-state index in [1.54, 1.807) is 0 Å². The van der Waals surface area contributed by atoms with Gasteiger partial charge in [-0.3, -0.25) is 0 Å². The molecule has 128 valence electrons. The summed E-state index contributed by atoms with van der Waals surface area (Å²) in [6.45, 7) is 12.0. The fourth-order valence-corrected chi connectivity index (χ4v) is 4.43. The predicted molar refractivity (Wildman–Crippen MR) is 96.1 cm³/mol. The average molecular weight is 317 g/mol. The Hall–Kier alpha value is 0.137. The maximum Gasteiger partial charge on any atom is 0.331 e. The van der Waals surface area contributed by atoms with Crippen molar-refractivity contribution in [1.82, 2.24) is 0 Å². The average Bonchev–Trinajstić information content (AvgIpc) is 2.41. The van der Waals surface area contributed by atoms with E-state index in [1.807, 2.05) is 0 Å². The highest BCUT2D eigenvalue weighted by atomic mass is 28.4. The third-order valence-corrected chi connectivity index (χ3v) is 5.77. The molecule has 2 nitrogen and oxygen atoms in total. The van der Waals surface area contributed by atoms with E-state index in [2.05, 4.69) is 33.9 Å². The molecule has 0 bridgehead atoms. The lowest BCUT2D eigenvalue weighted by atomic mass is 10.1. The van der Waals surface area contributed by atoms with Gasteiger partial charge in [-0.25, -0.2) is 0 Å². The van der Waals surface area contributed by atoms with Crippen LogP contribution in [-0.4, -0.2) is 21.3 Å². The monoisotopic (exact) mass is 316 g/mol. The Labute approximate surface area is 135 Å². The summed E-state index contributed by atoms with van der Waals surface area (Å²) in [6.07, 6.45) is 14.8. The van der Waals surface area contributed by atoms with Gasteiger partial charge in [-0.15, -0.1) is 0 Å². The molecule has 0 heterocycles. The minimum Gasteiger partial charge on any atom is -0.395 e. The lowest BCUT2D eigenvalue weighted by Gasteiger charge is -2.27. The maximum absolute atomic E-state index is 6.16. The van der Waals surface area contributed by atoms with Gasteiger partial charge in [-0.05, 0) is 32.9 Å².